The second-order valence-corrected chi connectivity index (χ2v) is 9.37. The van der Waals surface area contributed by atoms with E-state index in [9.17, 15) is 18.0 Å². The molecule has 0 aromatic heterocycles. The van der Waals surface area contributed by atoms with Crippen molar-refractivity contribution in [1.82, 2.24) is 4.90 Å². The van der Waals surface area contributed by atoms with E-state index >= 15 is 0 Å². The van der Waals surface area contributed by atoms with Crippen LogP contribution in [0.25, 0.3) is 0 Å². The Balaban J connectivity index is 2.16. The predicted octanol–water partition coefficient (Wildman–Crippen LogP) is 2.81. The molecule has 1 aromatic carbocycles. The summed E-state index contributed by atoms with van der Waals surface area (Å²) < 4.78 is 40.7. The first kappa shape index (κ1) is 22.9. The molecule has 0 N–H and O–H groups in total. The highest BCUT2D eigenvalue weighted by atomic mass is 32.2. The second kappa shape index (κ2) is 8.96. The fraction of sp³-hybridized carbons (Fsp3) is 0.500. The number of rotatable bonds is 6. The molecule has 29 heavy (non-hydrogen) atoms. The van der Waals surface area contributed by atoms with Gasteiger partial charge in [0, 0.05) is 13.5 Å². The van der Waals surface area contributed by atoms with E-state index in [4.69, 9.17) is 13.7 Å². The molecule has 0 bridgehead atoms. The van der Waals surface area contributed by atoms with Crippen LogP contribution in [-0.4, -0.2) is 56.3 Å². The minimum Gasteiger partial charge on any atom is -0.457 e. The Kier molecular flexibility index (Phi) is 7.07. The lowest BCUT2D eigenvalue weighted by Crippen LogP contribution is -2.48. The molecule has 0 saturated heterocycles. The number of ether oxygens (including phenoxy) is 2. The third kappa shape index (κ3) is 6.57. The van der Waals surface area contributed by atoms with Crippen LogP contribution < -0.4 is 0 Å². The molecule has 1 amide bonds. The summed E-state index contributed by atoms with van der Waals surface area (Å²) in [6, 6.07) is 5.48. The van der Waals surface area contributed by atoms with E-state index in [1.807, 2.05) is 6.92 Å². The number of carbonyl (C=O) groups is 2. The van der Waals surface area contributed by atoms with Crippen molar-refractivity contribution in [2.75, 3.05) is 13.2 Å². The van der Waals surface area contributed by atoms with Crippen LogP contribution in [0.2, 0.25) is 0 Å². The quantitative estimate of drug-likeness (QED) is 0.392. The average Bonchev–Trinajstić information content (AvgIpc) is 3.07. The lowest BCUT2D eigenvalue weighted by atomic mass is 10.1. The molecule has 0 saturated carbocycles. The first-order valence-electron chi connectivity index (χ1n) is 9.19. The van der Waals surface area contributed by atoms with Crippen molar-refractivity contribution in [3.05, 3.63) is 42.0 Å². The second-order valence-electron chi connectivity index (χ2n) is 7.75. The Morgan fingerprint density at radius 1 is 1.21 bits per heavy atom. The monoisotopic (exact) mass is 425 g/mol. The van der Waals surface area contributed by atoms with Crippen LogP contribution >= 0.6 is 0 Å². The van der Waals surface area contributed by atoms with Crippen LogP contribution in [0.15, 0.2) is 41.3 Å². The van der Waals surface area contributed by atoms with Gasteiger partial charge in [-0.05, 0) is 39.8 Å². The first-order valence-corrected chi connectivity index (χ1v) is 10.6. The molecule has 0 spiro atoms. The van der Waals surface area contributed by atoms with Gasteiger partial charge in [0.1, 0.15) is 12.2 Å². The minimum atomic E-state index is -4.05. The standard InChI is InChI=1S/C20H27NO7S/c1-14-8-10-16(11-9-14)29(24,25)26-13-18(27-15(2)22)17-7-6-12-21(17)19(23)28-20(3,4)5/h6-11,17-18H,12-13H2,1-5H3/t17-,18+/m0/s1. The molecule has 8 nitrogen and oxygen atoms in total. The molecule has 0 aliphatic carbocycles. The molecule has 9 heteroatoms. The Morgan fingerprint density at radius 2 is 1.83 bits per heavy atom. The van der Waals surface area contributed by atoms with Crippen molar-refractivity contribution >= 4 is 22.2 Å². The van der Waals surface area contributed by atoms with E-state index in [0.29, 0.717) is 0 Å². The highest BCUT2D eigenvalue weighted by Gasteiger charge is 2.37. The number of hydrogen-bond acceptors (Lipinski definition) is 7. The number of esters is 1. The molecule has 1 aliphatic rings. The fourth-order valence-electron chi connectivity index (χ4n) is 2.73. The van der Waals surface area contributed by atoms with Crippen LogP contribution in [0, 0.1) is 6.92 Å². The van der Waals surface area contributed by atoms with Gasteiger partial charge in [-0.2, -0.15) is 8.42 Å². The maximum Gasteiger partial charge on any atom is 0.411 e. The number of carbonyl (C=O) groups excluding carboxylic acids is 2. The summed E-state index contributed by atoms with van der Waals surface area (Å²) >= 11 is 0. The topological polar surface area (TPSA) is 99.2 Å². The summed E-state index contributed by atoms with van der Waals surface area (Å²) in [5.74, 6) is -0.615. The van der Waals surface area contributed by atoms with E-state index in [1.165, 1.54) is 24.0 Å². The smallest absolute Gasteiger partial charge is 0.411 e. The summed E-state index contributed by atoms with van der Waals surface area (Å²) in [7, 11) is -4.05. The minimum absolute atomic E-state index is 0.00404. The van der Waals surface area contributed by atoms with E-state index < -0.39 is 46.5 Å². The Labute approximate surface area is 171 Å². The van der Waals surface area contributed by atoms with Crippen molar-refractivity contribution in [1.29, 1.82) is 0 Å². The zero-order valence-electron chi connectivity index (χ0n) is 17.2. The maximum absolute atomic E-state index is 12.5. The van der Waals surface area contributed by atoms with Crippen LogP contribution in [-0.2, 0) is 28.6 Å². The van der Waals surface area contributed by atoms with Crippen LogP contribution in [0.4, 0.5) is 4.79 Å². The fourth-order valence-corrected chi connectivity index (χ4v) is 3.64. The maximum atomic E-state index is 12.5. The molecule has 0 unspecified atom stereocenters. The molecule has 0 radical (unpaired) electrons. The van der Waals surface area contributed by atoms with Gasteiger partial charge in [0.05, 0.1) is 10.9 Å². The summed E-state index contributed by atoms with van der Waals surface area (Å²) in [4.78, 5) is 25.4. The average molecular weight is 426 g/mol. The Morgan fingerprint density at radius 3 is 2.38 bits per heavy atom. The van der Waals surface area contributed by atoms with Crippen molar-refractivity contribution in [2.45, 2.75) is 57.3 Å². The molecule has 1 aliphatic heterocycles. The van der Waals surface area contributed by atoms with Gasteiger partial charge < -0.3 is 9.47 Å². The predicted molar refractivity (Wildman–Crippen MR) is 106 cm³/mol. The Bertz CT molecular complexity index is 869. The van der Waals surface area contributed by atoms with Crippen LogP contribution in [0.1, 0.15) is 33.3 Å². The number of amides is 1. The van der Waals surface area contributed by atoms with E-state index in [2.05, 4.69) is 0 Å². The lowest BCUT2D eigenvalue weighted by molar-refractivity contribution is -0.150. The normalized spacial score (nSPS) is 17.8. The summed E-state index contributed by atoms with van der Waals surface area (Å²) in [6.07, 6.45) is 1.78. The molecular weight excluding hydrogens is 398 g/mol. The van der Waals surface area contributed by atoms with Crippen molar-refractivity contribution in [3.63, 3.8) is 0 Å². The van der Waals surface area contributed by atoms with Crippen LogP contribution in [0.5, 0.6) is 0 Å². The molecule has 2 rings (SSSR count). The van der Waals surface area contributed by atoms with E-state index in [-0.39, 0.29) is 11.4 Å². The molecule has 0 fully saturated rings. The molecule has 1 aromatic rings. The van der Waals surface area contributed by atoms with Gasteiger partial charge in [-0.15, -0.1) is 0 Å². The zero-order chi connectivity index (χ0) is 21.8. The van der Waals surface area contributed by atoms with Gasteiger partial charge in [-0.25, -0.2) is 4.79 Å². The van der Waals surface area contributed by atoms with Gasteiger partial charge in [-0.3, -0.25) is 13.9 Å². The number of benzene rings is 1. The number of hydrogen-bond donors (Lipinski definition) is 0. The third-order valence-corrected chi connectivity index (χ3v) is 5.31. The summed E-state index contributed by atoms with van der Waals surface area (Å²) in [5, 5.41) is 0. The number of nitrogens with zero attached hydrogens (tertiary/aromatic N) is 1. The van der Waals surface area contributed by atoms with Gasteiger partial charge in [-0.1, -0.05) is 29.8 Å². The van der Waals surface area contributed by atoms with Gasteiger partial charge in [0.15, 0.2) is 6.10 Å². The van der Waals surface area contributed by atoms with Crippen molar-refractivity contribution in [3.8, 4) is 0 Å². The molecular formula is C20H27NO7S. The molecule has 160 valence electrons. The largest absolute Gasteiger partial charge is 0.457 e. The highest BCUT2D eigenvalue weighted by Crippen LogP contribution is 2.22. The van der Waals surface area contributed by atoms with Crippen molar-refractivity contribution < 1.29 is 31.7 Å². The van der Waals surface area contributed by atoms with E-state index in [1.54, 1.807) is 45.1 Å². The summed E-state index contributed by atoms with van der Waals surface area (Å²) in [6.45, 7) is 8.08. The Hall–Kier alpha value is -2.39. The van der Waals surface area contributed by atoms with Gasteiger partial charge in [0.2, 0.25) is 0 Å². The highest BCUT2D eigenvalue weighted by molar-refractivity contribution is 7.86. The SMILES string of the molecule is CC(=O)O[C@H](COS(=O)(=O)c1ccc(C)cc1)[C@@H]1C=CCN1C(=O)OC(C)(C)C. The van der Waals surface area contributed by atoms with E-state index in [0.717, 1.165) is 5.56 Å². The number of aryl methyl sites for hydroxylation is 1. The van der Waals surface area contributed by atoms with Gasteiger partial charge >= 0.3 is 12.1 Å². The third-order valence-electron chi connectivity index (χ3n) is 4.02. The van der Waals surface area contributed by atoms with Crippen molar-refractivity contribution in [2.24, 2.45) is 0 Å². The molecule has 1 heterocycles. The van der Waals surface area contributed by atoms with Crippen LogP contribution in [0.3, 0.4) is 0 Å². The molecule has 2 atom stereocenters. The lowest BCUT2D eigenvalue weighted by Gasteiger charge is -2.32. The zero-order valence-corrected chi connectivity index (χ0v) is 18.1. The first-order chi connectivity index (χ1) is 13.4. The van der Waals surface area contributed by atoms with Gasteiger partial charge in [0.25, 0.3) is 10.1 Å². The summed E-state index contributed by atoms with van der Waals surface area (Å²) in [5.41, 5.74) is 0.206.